The van der Waals surface area contributed by atoms with Gasteiger partial charge in [-0.25, -0.2) is 0 Å². The lowest BCUT2D eigenvalue weighted by atomic mass is 10.2. The van der Waals surface area contributed by atoms with Crippen LogP contribution < -0.4 is 5.73 Å². The first-order valence-corrected chi connectivity index (χ1v) is 6.61. The maximum Gasteiger partial charge on any atom is 0.403 e. The highest BCUT2D eigenvalue weighted by Crippen LogP contribution is 2.25. The minimum absolute atomic E-state index is 0. The van der Waals surface area contributed by atoms with Crippen LogP contribution >= 0.6 is 24.8 Å². The molecule has 0 radical (unpaired) electrons. The van der Waals surface area contributed by atoms with E-state index in [1.165, 1.54) is 12.0 Å². The summed E-state index contributed by atoms with van der Waals surface area (Å²) >= 11 is 0. The highest BCUT2D eigenvalue weighted by molar-refractivity contribution is 5.85. The van der Waals surface area contributed by atoms with Gasteiger partial charge in [0.05, 0.1) is 12.5 Å². The number of amides is 1. The zero-order chi connectivity index (χ0) is 15.3. The smallest absolute Gasteiger partial charge is 0.380 e. The largest absolute Gasteiger partial charge is 0.403 e. The molecule has 1 aliphatic rings. The van der Waals surface area contributed by atoms with Gasteiger partial charge in [0.2, 0.25) is 5.91 Å². The number of carbonyl (C=O) groups is 1. The Kier molecular flexibility index (Phi) is 11.4. The van der Waals surface area contributed by atoms with Gasteiger partial charge in [-0.15, -0.1) is 24.8 Å². The SMILES string of the molecule is COC(CN)CC(=O)N1CCN(C(C)C(F)(F)F)CC1.Cl.Cl. The molecule has 5 nitrogen and oxygen atoms in total. The molecule has 22 heavy (non-hydrogen) atoms. The van der Waals surface area contributed by atoms with E-state index in [0.29, 0.717) is 13.1 Å². The molecule has 0 aromatic rings. The molecular weight excluding hydrogens is 346 g/mol. The van der Waals surface area contributed by atoms with Gasteiger partial charge in [0.25, 0.3) is 0 Å². The van der Waals surface area contributed by atoms with E-state index >= 15 is 0 Å². The molecule has 0 aromatic carbocycles. The van der Waals surface area contributed by atoms with E-state index in [0.717, 1.165) is 6.92 Å². The number of piperazine rings is 1. The van der Waals surface area contributed by atoms with Gasteiger partial charge in [0, 0.05) is 39.8 Å². The first kappa shape index (κ1) is 24.0. The molecule has 134 valence electrons. The van der Waals surface area contributed by atoms with Crippen LogP contribution in [0.15, 0.2) is 0 Å². The number of hydrogen-bond donors (Lipinski definition) is 1. The van der Waals surface area contributed by atoms with Crippen LogP contribution in [0.25, 0.3) is 0 Å². The number of nitrogens with zero attached hydrogens (tertiary/aromatic N) is 2. The van der Waals surface area contributed by atoms with Crippen LogP contribution in [0.2, 0.25) is 0 Å². The van der Waals surface area contributed by atoms with Crippen molar-refractivity contribution in [1.82, 2.24) is 9.80 Å². The Morgan fingerprint density at radius 2 is 1.73 bits per heavy atom. The Bertz CT molecular complexity index is 323. The maximum absolute atomic E-state index is 12.6. The van der Waals surface area contributed by atoms with Crippen molar-refractivity contribution in [1.29, 1.82) is 0 Å². The van der Waals surface area contributed by atoms with Crippen LogP contribution in [0, 0.1) is 0 Å². The van der Waals surface area contributed by atoms with Crippen molar-refractivity contribution in [3.05, 3.63) is 0 Å². The Morgan fingerprint density at radius 1 is 1.23 bits per heavy atom. The highest BCUT2D eigenvalue weighted by Gasteiger charge is 2.41. The highest BCUT2D eigenvalue weighted by atomic mass is 35.5. The summed E-state index contributed by atoms with van der Waals surface area (Å²) in [5.41, 5.74) is 5.44. The summed E-state index contributed by atoms with van der Waals surface area (Å²) in [5, 5.41) is 0. The summed E-state index contributed by atoms with van der Waals surface area (Å²) in [7, 11) is 1.48. The Hall–Kier alpha value is -0.280. The van der Waals surface area contributed by atoms with Gasteiger partial charge in [0.15, 0.2) is 0 Å². The molecule has 1 saturated heterocycles. The van der Waals surface area contributed by atoms with E-state index in [4.69, 9.17) is 10.5 Å². The second-order valence-corrected chi connectivity index (χ2v) is 4.93. The molecule has 0 saturated carbocycles. The Labute approximate surface area is 141 Å². The van der Waals surface area contributed by atoms with Gasteiger partial charge in [0.1, 0.15) is 6.04 Å². The number of halogens is 5. The van der Waals surface area contributed by atoms with Crippen molar-refractivity contribution >= 4 is 30.7 Å². The van der Waals surface area contributed by atoms with E-state index in [1.54, 1.807) is 4.90 Å². The second kappa shape index (κ2) is 10.5. The number of rotatable bonds is 5. The van der Waals surface area contributed by atoms with Crippen molar-refractivity contribution in [3.8, 4) is 0 Å². The number of nitrogens with two attached hydrogens (primary N) is 1. The lowest BCUT2D eigenvalue weighted by Crippen LogP contribution is -2.55. The zero-order valence-electron chi connectivity index (χ0n) is 12.6. The van der Waals surface area contributed by atoms with Gasteiger partial charge >= 0.3 is 6.18 Å². The summed E-state index contributed by atoms with van der Waals surface area (Å²) in [6.45, 7) is 2.46. The summed E-state index contributed by atoms with van der Waals surface area (Å²) in [6, 6.07) is -1.48. The van der Waals surface area contributed by atoms with Crippen LogP contribution in [0.4, 0.5) is 13.2 Å². The van der Waals surface area contributed by atoms with Crippen molar-refractivity contribution in [2.75, 3.05) is 39.8 Å². The molecule has 1 rings (SSSR count). The summed E-state index contributed by atoms with van der Waals surface area (Å²) in [5.74, 6) is -0.124. The van der Waals surface area contributed by atoms with Crippen molar-refractivity contribution in [3.63, 3.8) is 0 Å². The molecule has 0 aliphatic carbocycles. The molecule has 2 N–H and O–H groups in total. The molecule has 1 heterocycles. The third-order valence-corrected chi connectivity index (χ3v) is 3.69. The lowest BCUT2D eigenvalue weighted by molar-refractivity contribution is -0.183. The average molecular weight is 370 g/mol. The van der Waals surface area contributed by atoms with Gasteiger partial charge < -0.3 is 15.4 Å². The average Bonchev–Trinajstić information content (AvgIpc) is 2.42. The van der Waals surface area contributed by atoms with E-state index < -0.39 is 12.2 Å². The fraction of sp³-hybridized carbons (Fsp3) is 0.917. The molecular formula is C12H24Cl2F3N3O2. The predicted octanol–water partition coefficient (Wildman–Crippen LogP) is 1.29. The van der Waals surface area contributed by atoms with Crippen molar-refractivity contribution in [2.45, 2.75) is 31.7 Å². The molecule has 1 amide bonds. The van der Waals surface area contributed by atoms with Crippen LogP contribution in [0.3, 0.4) is 0 Å². The minimum atomic E-state index is -4.23. The van der Waals surface area contributed by atoms with Crippen molar-refractivity contribution in [2.24, 2.45) is 5.73 Å². The van der Waals surface area contributed by atoms with E-state index in [2.05, 4.69) is 0 Å². The van der Waals surface area contributed by atoms with Gasteiger partial charge in [-0.2, -0.15) is 13.2 Å². The Balaban J connectivity index is 0. The van der Waals surface area contributed by atoms with E-state index in [1.807, 2.05) is 0 Å². The Morgan fingerprint density at radius 3 is 2.09 bits per heavy atom. The molecule has 0 aromatic heterocycles. The fourth-order valence-electron chi connectivity index (χ4n) is 2.15. The molecule has 1 fully saturated rings. The molecule has 1 aliphatic heterocycles. The third kappa shape index (κ3) is 6.87. The predicted molar refractivity (Wildman–Crippen MR) is 82.6 cm³/mol. The normalized spacial score (nSPS) is 18.9. The quantitative estimate of drug-likeness (QED) is 0.793. The first-order valence-electron chi connectivity index (χ1n) is 6.61. The van der Waals surface area contributed by atoms with E-state index in [-0.39, 0.29) is 62.9 Å². The van der Waals surface area contributed by atoms with Gasteiger partial charge in [-0.3, -0.25) is 9.69 Å². The van der Waals surface area contributed by atoms with Gasteiger partial charge in [-0.1, -0.05) is 0 Å². The zero-order valence-corrected chi connectivity index (χ0v) is 14.3. The topological polar surface area (TPSA) is 58.8 Å². The number of ether oxygens (including phenoxy) is 1. The monoisotopic (exact) mass is 369 g/mol. The number of carbonyl (C=O) groups excluding carboxylic acids is 1. The van der Waals surface area contributed by atoms with Crippen LogP contribution in [0.5, 0.6) is 0 Å². The standard InChI is InChI=1S/C12H22F3N3O2.2ClH/c1-9(12(13,14)15)17-3-5-18(6-4-17)11(19)7-10(8-16)20-2;;/h9-10H,3-8,16H2,1-2H3;2*1H. The summed E-state index contributed by atoms with van der Waals surface area (Å²) in [6.07, 6.45) is -4.40. The molecule has 10 heteroatoms. The fourth-order valence-corrected chi connectivity index (χ4v) is 2.15. The molecule has 2 unspecified atom stereocenters. The molecule has 2 atom stereocenters. The first-order chi connectivity index (χ1) is 9.29. The van der Waals surface area contributed by atoms with Crippen molar-refractivity contribution < 1.29 is 22.7 Å². The number of alkyl halides is 3. The number of hydrogen-bond acceptors (Lipinski definition) is 4. The third-order valence-electron chi connectivity index (χ3n) is 3.69. The van der Waals surface area contributed by atoms with Gasteiger partial charge in [-0.05, 0) is 6.92 Å². The van der Waals surface area contributed by atoms with Crippen LogP contribution in [-0.2, 0) is 9.53 Å². The molecule has 0 spiro atoms. The summed E-state index contributed by atoms with van der Waals surface area (Å²) in [4.78, 5) is 14.9. The number of methoxy groups -OCH3 is 1. The van der Waals surface area contributed by atoms with Crippen LogP contribution in [-0.4, -0.2) is 73.9 Å². The van der Waals surface area contributed by atoms with Crippen LogP contribution in [0.1, 0.15) is 13.3 Å². The minimum Gasteiger partial charge on any atom is -0.380 e. The molecule has 0 bridgehead atoms. The summed E-state index contributed by atoms with van der Waals surface area (Å²) < 4.78 is 42.8. The second-order valence-electron chi connectivity index (χ2n) is 4.93. The lowest BCUT2D eigenvalue weighted by Gasteiger charge is -2.38. The maximum atomic E-state index is 12.6. The van der Waals surface area contributed by atoms with E-state index in [9.17, 15) is 18.0 Å².